The minimum Gasteiger partial charge on any atom is -0.379 e. The highest BCUT2D eigenvalue weighted by Gasteiger charge is 2.20. The number of hydrogen-bond acceptors (Lipinski definition) is 6. The van der Waals surface area contributed by atoms with Crippen LogP contribution in [0.3, 0.4) is 0 Å². The van der Waals surface area contributed by atoms with Crippen molar-refractivity contribution in [1.29, 1.82) is 5.26 Å². The number of fused-ring (bicyclic) bond motifs is 1. The minimum absolute atomic E-state index is 0.0478. The first-order valence-electron chi connectivity index (χ1n) is 6.99. The molecule has 0 saturated heterocycles. The first kappa shape index (κ1) is 15.7. The molecule has 10 heteroatoms. The highest BCUT2D eigenvalue weighted by Crippen LogP contribution is 2.26. The van der Waals surface area contributed by atoms with Crippen molar-refractivity contribution >= 4 is 22.7 Å². The average Bonchev–Trinajstić information content (AvgIpc) is 3.05. The number of anilines is 2. The molecule has 0 saturated carbocycles. The van der Waals surface area contributed by atoms with Gasteiger partial charge in [-0.25, -0.2) is 18.4 Å². The molecule has 0 fully saturated rings. The van der Waals surface area contributed by atoms with E-state index in [-0.39, 0.29) is 23.9 Å². The van der Waals surface area contributed by atoms with Crippen LogP contribution in [0.1, 0.15) is 23.4 Å². The number of imidazole rings is 1. The Hall–Kier alpha value is -3.22. The van der Waals surface area contributed by atoms with E-state index in [0.717, 1.165) is 4.68 Å². The van der Waals surface area contributed by atoms with Crippen LogP contribution >= 0.6 is 0 Å². The topological polar surface area (TPSA) is 110 Å². The second-order valence-corrected chi connectivity index (χ2v) is 5.23. The van der Waals surface area contributed by atoms with Crippen LogP contribution < -0.4 is 11.1 Å². The Morgan fingerprint density at radius 2 is 2.12 bits per heavy atom. The number of alkyl halides is 2. The molecule has 124 valence electrons. The third kappa shape index (κ3) is 2.50. The SMILES string of the molecule is Cn1nnc(CNc2cc(C#N)c3c(c2)nc(N)n3C)c1C(F)F. The summed E-state index contributed by atoms with van der Waals surface area (Å²) in [5.74, 6) is 0.285. The van der Waals surface area contributed by atoms with Crippen molar-refractivity contribution in [2.24, 2.45) is 14.1 Å². The molecule has 0 bridgehead atoms. The molecule has 2 aromatic heterocycles. The summed E-state index contributed by atoms with van der Waals surface area (Å²) in [7, 11) is 3.13. The first-order valence-corrected chi connectivity index (χ1v) is 6.99. The third-order valence-electron chi connectivity index (χ3n) is 3.73. The van der Waals surface area contributed by atoms with E-state index in [2.05, 4.69) is 26.7 Å². The van der Waals surface area contributed by atoms with Crippen LogP contribution in [0.25, 0.3) is 11.0 Å². The largest absolute Gasteiger partial charge is 0.379 e. The van der Waals surface area contributed by atoms with E-state index in [9.17, 15) is 14.0 Å². The zero-order valence-electron chi connectivity index (χ0n) is 13.0. The molecule has 24 heavy (non-hydrogen) atoms. The third-order valence-corrected chi connectivity index (χ3v) is 3.73. The van der Waals surface area contributed by atoms with Gasteiger partial charge in [-0.15, -0.1) is 5.10 Å². The van der Waals surface area contributed by atoms with Crippen LogP contribution in [0.4, 0.5) is 20.4 Å². The lowest BCUT2D eigenvalue weighted by Crippen LogP contribution is -2.06. The van der Waals surface area contributed by atoms with E-state index >= 15 is 0 Å². The number of benzene rings is 1. The first-order chi connectivity index (χ1) is 11.4. The van der Waals surface area contributed by atoms with E-state index in [0.29, 0.717) is 22.3 Å². The van der Waals surface area contributed by atoms with Crippen LogP contribution in [-0.4, -0.2) is 24.5 Å². The molecule has 8 nitrogen and oxygen atoms in total. The molecule has 0 radical (unpaired) electrons. The summed E-state index contributed by atoms with van der Waals surface area (Å²) >= 11 is 0. The number of halogens is 2. The van der Waals surface area contributed by atoms with Crippen LogP contribution in [-0.2, 0) is 20.6 Å². The lowest BCUT2D eigenvalue weighted by Gasteiger charge is -2.08. The van der Waals surface area contributed by atoms with Gasteiger partial charge in [0, 0.05) is 19.8 Å². The van der Waals surface area contributed by atoms with Gasteiger partial charge in [-0.3, -0.25) is 0 Å². The van der Waals surface area contributed by atoms with Crippen molar-refractivity contribution in [1.82, 2.24) is 24.5 Å². The Morgan fingerprint density at radius 3 is 2.79 bits per heavy atom. The average molecular weight is 332 g/mol. The monoisotopic (exact) mass is 332 g/mol. The fraction of sp³-hybridized carbons (Fsp3) is 0.286. The zero-order valence-corrected chi connectivity index (χ0v) is 13.0. The molecule has 2 heterocycles. The summed E-state index contributed by atoms with van der Waals surface area (Å²) < 4.78 is 28.7. The minimum atomic E-state index is -2.67. The maximum atomic E-state index is 13.0. The van der Waals surface area contributed by atoms with E-state index in [4.69, 9.17) is 5.73 Å². The van der Waals surface area contributed by atoms with Crippen molar-refractivity contribution in [2.45, 2.75) is 13.0 Å². The normalized spacial score (nSPS) is 11.2. The van der Waals surface area contributed by atoms with Crippen molar-refractivity contribution < 1.29 is 8.78 Å². The summed E-state index contributed by atoms with van der Waals surface area (Å²) in [6.45, 7) is 0.0478. The smallest absolute Gasteiger partial charge is 0.281 e. The molecule has 1 aromatic carbocycles. The Kier molecular flexibility index (Phi) is 3.76. The molecule has 0 aliphatic heterocycles. The Labute approximate surface area is 135 Å². The number of hydrogen-bond donors (Lipinski definition) is 2. The number of nitrogens with one attached hydrogen (secondary N) is 1. The number of aryl methyl sites for hydroxylation is 2. The number of nitrogen functional groups attached to an aromatic ring is 1. The Morgan fingerprint density at radius 1 is 1.38 bits per heavy atom. The Bertz CT molecular complexity index is 950. The molecule has 3 rings (SSSR count). The van der Waals surface area contributed by atoms with Gasteiger partial charge in [-0.05, 0) is 12.1 Å². The highest BCUT2D eigenvalue weighted by atomic mass is 19.3. The summed E-state index contributed by atoms with van der Waals surface area (Å²) in [4.78, 5) is 4.18. The summed E-state index contributed by atoms with van der Waals surface area (Å²) in [6, 6.07) is 5.40. The second-order valence-electron chi connectivity index (χ2n) is 5.23. The van der Waals surface area contributed by atoms with Gasteiger partial charge in [0.15, 0.2) is 0 Å². The van der Waals surface area contributed by atoms with Gasteiger partial charge in [0.25, 0.3) is 6.43 Å². The summed E-state index contributed by atoms with van der Waals surface area (Å²) in [5, 5.41) is 19.6. The molecule has 0 aliphatic carbocycles. The zero-order chi connectivity index (χ0) is 17.4. The van der Waals surface area contributed by atoms with Crippen LogP contribution in [0.2, 0.25) is 0 Å². The van der Waals surface area contributed by atoms with Gasteiger partial charge >= 0.3 is 0 Å². The summed E-state index contributed by atoms with van der Waals surface area (Å²) in [5.41, 5.74) is 7.77. The van der Waals surface area contributed by atoms with Gasteiger partial charge in [0.2, 0.25) is 5.95 Å². The van der Waals surface area contributed by atoms with Gasteiger partial charge in [-0.1, -0.05) is 5.21 Å². The number of rotatable bonds is 4. The van der Waals surface area contributed by atoms with Crippen molar-refractivity contribution in [2.75, 3.05) is 11.1 Å². The maximum absolute atomic E-state index is 13.0. The molecule has 0 spiro atoms. The van der Waals surface area contributed by atoms with Gasteiger partial charge < -0.3 is 15.6 Å². The van der Waals surface area contributed by atoms with Crippen molar-refractivity contribution in [3.05, 3.63) is 29.1 Å². The molecule has 0 atom stereocenters. The Balaban J connectivity index is 1.93. The van der Waals surface area contributed by atoms with Gasteiger partial charge in [0.1, 0.15) is 17.5 Å². The van der Waals surface area contributed by atoms with E-state index in [1.54, 1.807) is 23.7 Å². The van der Waals surface area contributed by atoms with Crippen LogP contribution in [0, 0.1) is 11.3 Å². The number of aromatic nitrogens is 5. The lowest BCUT2D eigenvalue weighted by atomic mass is 10.1. The molecule has 0 amide bonds. The van der Waals surface area contributed by atoms with E-state index in [1.165, 1.54) is 7.05 Å². The van der Waals surface area contributed by atoms with Crippen LogP contribution in [0.15, 0.2) is 12.1 Å². The number of nitrogens with zero attached hydrogens (tertiary/aromatic N) is 6. The van der Waals surface area contributed by atoms with Gasteiger partial charge in [0.05, 0.1) is 23.1 Å². The molecule has 0 aliphatic rings. The number of nitriles is 1. The standard InChI is InChI=1S/C14H14F2N8/c1-23-11-7(5-17)3-8(4-9(11)20-14(23)18)19-6-10-12(13(15)16)24(2)22-21-10/h3-4,13,19H,6H2,1-2H3,(H2,18,20). The molecular formula is C14H14F2N8. The maximum Gasteiger partial charge on any atom is 0.281 e. The highest BCUT2D eigenvalue weighted by molar-refractivity contribution is 5.87. The fourth-order valence-corrected chi connectivity index (χ4v) is 2.54. The summed E-state index contributed by atoms with van der Waals surface area (Å²) in [6.07, 6.45) is -2.67. The fourth-order valence-electron chi connectivity index (χ4n) is 2.54. The van der Waals surface area contributed by atoms with E-state index in [1.807, 2.05) is 0 Å². The molecule has 3 N–H and O–H groups in total. The van der Waals surface area contributed by atoms with Crippen molar-refractivity contribution in [3.63, 3.8) is 0 Å². The molecular weight excluding hydrogens is 318 g/mol. The quantitative estimate of drug-likeness (QED) is 0.752. The lowest BCUT2D eigenvalue weighted by molar-refractivity contribution is 0.139. The van der Waals surface area contributed by atoms with Crippen molar-refractivity contribution in [3.8, 4) is 6.07 Å². The van der Waals surface area contributed by atoms with Gasteiger partial charge in [-0.2, -0.15) is 5.26 Å². The predicted octanol–water partition coefficient (Wildman–Crippen LogP) is 1.71. The number of nitrogens with two attached hydrogens (primary N) is 1. The van der Waals surface area contributed by atoms with Crippen LogP contribution in [0.5, 0.6) is 0 Å². The molecule has 0 unspecified atom stereocenters. The second kappa shape index (κ2) is 5.77. The van der Waals surface area contributed by atoms with E-state index < -0.39 is 6.43 Å². The molecule has 3 aromatic rings. The predicted molar refractivity (Wildman–Crippen MR) is 83.1 cm³/mol.